The van der Waals surface area contributed by atoms with Gasteiger partial charge >= 0.3 is 6.09 Å². The van der Waals surface area contributed by atoms with Crippen molar-refractivity contribution in [2.45, 2.75) is 45.8 Å². The summed E-state index contributed by atoms with van der Waals surface area (Å²) in [6.45, 7) is 9.45. The van der Waals surface area contributed by atoms with Crippen molar-refractivity contribution in [3.05, 3.63) is 59.1 Å². The molecule has 0 aliphatic carbocycles. The molecule has 2 N–H and O–H groups in total. The molecule has 0 spiro atoms. The number of benzene rings is 3. The van der Waals surface area contributed by atoms with E-state index >= 15 is 0 Å². The van der Waals surface area contributed by atoms with Crippen molar-refractivity contribution in [1.82, 2.24) is 4.90 Å². The van der Waals surface area contributed by atoms with E-state index in [2.05, 4.69) is 31.2 Å². The summed E-state index contributed by atoms with van der Waals surface area (Å²) in [6, 6.07) is 16.2. The first kappa shape index (κ1) is 26.3. The summed E-state index contributed by atoms with van der Waals surface area (Å²) in [7, 11) is 0. The molecule has 1 fully saturated rings. The molecule has 3 aromatic rings. The van der Waals surface area contributed by atoms with Gasteiger partial charge < -0.3 is 25.0 Å². The minimum absolute atomic E-state index is 0.120. The number of ether oxygens (including phenoxy) is 2. The van der Waals surface area contributed by atoms with Gasteiger partial charge in [0.15, 0.2) is 6.10 Å². The third-order valence-corrected chi connectivity index (χ3v) is 7.24. The molecular formula is C30H34ClN3O4. The van der Waals surface area contributed by atoms with Gasteiger partial charge in [-0.25, -0.2) is 4.79 Å². The number of amides is 2. The first-order valence-corrected chi connectivity index (χ1v) is 13.4. The zero-order chi connectivity index (χ0) is 27.2. The second kappa shape index (κ2) is 10.1. The molecule has 200 valence electrons. The number of carbonyl (C=O) groups is 2. The molecule has 1 saturated heterocycles. The van der Waals surface area contributed by atoms with Gasteiger partial charge in [-0.05, 0) is 68.3 Å². The van der Waals surface area contributed by atoms with E-state index in [1.54, 1.807) is 9.80 Å². The molecule has 7 nitrogen and oxygen atoms in total. The average molecular weight is 536 g/mol. The molecule has 1 atom stereocenters. The van der Waals surface area contributed by atoms with Gasteiger partial charge in [-0.15, -0.1) is 0 Å². The molecule has 5 rings (SSSR count). The number of nitrogens with two attached hydrogens (primary N) is 1. The van der Waals surface area contributed by atoms with Crippen LogP contribution in [0.4, 0.5) is 10.5 Å². The smallest absolute Gasteiger partial charge is 0.410 e. The third kappa shape index (κ3) is 5.18. The lowest BCUT2D eigenvalue weighted by Crippen LogP contribution is -2.57. The van der Waals surface area contributed by atoms with Crippen molar-refractivity contribution in [2.75, 3.05) is 31.1 Å². The van der Waals surface area contributed by atoms with E-state index < -0.39 is 11.7 Å². The molecular weight excluding hydrogens is 502 g/mol. The number of carbonyl (C=O) groups excluding carboxylic acids is 2. The van der Waals surface area contributed by atoms with E-state index in [0.717, 1.165) is 27.5 Å². The zero-order valence-electron chi connectivity index (χ0n) is 22.3. The SMILES string of the molecule is Cc1cc(-c2cc3c(cc2Cl)N(CC2CN(C(=O)OC(C)(C)C)C2)C(=O)[C@H](CCN)O3)c2ccccc2c1. The maximum atomic E-state index is 13.4. The van der Waals surface area contributed by atoms with Crippen LogP contribution in [0, 0.1) is 12.8 Å². The van der Waals surface area contributed by atoms with E-state index in [-0.39, 0.29) is 17.9 Å². The van der Waals surface area contributed by atoms with Gasteiger partial charge in [0.05, 0.1) is 10.7 Å². The van der Waals surface area contributed by atoms with Crippen LogP contribution < -0.4 is 15.4 Å². The summed E-state index contributed by atoms with van der Waals surface area (Å²) in [6.07, 6.45) is -0.589. The topological polar surface area (TPSA) is 85.1 Å². The summed E-state index contributed by atoms with van der Waals surface area (Å²) >= 11 is 6.89. The average Bonchev–Trinajstić information content (AvgIpc) is 2.81. The maximum absolute atomic E-state index is 13.4. The van der Waals surface area contributed by atoms with E-state index in [4.69, 9.17) is 26.8 Å². The van der Waals surface area contributed by atoms with Crippen molar-refractivity contribution in [3.63, 3.8) is 0 Å². The lowest BCUT2D eigenvalue weighted by Gasteiger charge is -2.43. The van der Waals surface area contributed by atoms with Crippen LogP contribution in [-0.4, -0.2) is 54.8 Å². The highest BCUT2D eigenvalue weighted by Crippen LogP contribution is 2.44. The fourth-order valence-corrected chi connectivity index (χ4v) is 5.44. The molecule has 3 aromatic carbocycles. The largest absolute Gasteiger partial charge is 0.478 e. The summed E-state index contributed by atoms with van der Waals surface area (Å²) < 4.78 is 11.7. The van der Waals surface area contributed by atoms with Gasteiger partial charge in [0, 0.05) is 37.5 Å². The van der Waals surface area contributed by atoms with Crippen molar-refractivity contribution in [3.8, 4) is 16.9 Å². The summed E-state index contributed by atoms with van der Waals surface area (Å²) in [5, 5.41) is 2.77. The summed E-state index contributed by atoms with van der Waals surface area (Å²) in [4.78, 5) is 29.2. The van der Waals surface area contributed by atoms with Crippen molar-refractivity contribution >= 4 is 40.1 Å². The van der Waals surface area contributed by atoms with Gasteiger partial charge in [0.2, 0.25) is 0 Å². The first-order chi connectivity index (χ1) is 18.0. The molecule has 0 unspecified atom stereocenters. The normalized spacial score (nSPS) is 17.7. The quantitative estimate of drug-likeness (QED) is 0.448. The second-order valence-electron chi connectivity index (χ2n) is 11.2. The van der Waals surface area contributed by atoms with Gasteiger partial charge in [-0.1, -0.05) is 48.0 Å². The van der Waals surface area contributed by atoms with Crippen LogP contribution in [0.5, 0.6) is 5.75 Å². The van der Waals surface area contributed by atoms with Crippen LogP contribution >= 0.6 is 11.6 Å². The van der Waals surface area contributed by atoms with Crippen molar-refractivity contribution in [2.24, 2.45) is 11.7 Å². The fourth-order valence-electron chi connectivity index (χ4n) is 5.18. The molecule has 2 heterocycles. The summed E-state index contributed by atoms with van der Waals surface area (Å²) in [5.74, 6) is 0.593. The van der Waals surface area contributed by atoms with E-state index in [9.17, 15) is 9.59 Å². The van der Waals surface area contributed by atoms with Crippen LogP contribution in [0.15, 0.2) is 48.5 Å². The van der Waals surface area contributed by atoms with Gasteiger partial charge in [-0.3, -0.25) is 4.79 Å². The maximum Gasteiger partial charge on any atom is 0.410 e. The molecule has 0 bridgehead atoms. The number of halogens is 1. The van der Waals surface area contributed by atoms with Gasteiger partial charge in [-0.2, -0.15) is 0 Å². The predicted molar refractivity (Wildman–Crippen MR) is 151 cm³/mol. The molecule has 38 heavy (non-hydrogen) atoms. The first-order valence-electron chi connectivity index (χ1n) is 13.0. The van der Waals surface area contributed by atoms with E-state index in [0.29, 0.717) is 49.1 Å². The van der Waals surface area contributed by atoms with Crippen LogP contribution in [0.25, 0.3) is 21.9 Å². The van der Waals surface area contributed by atoms with Crippen LogP contribution in [0.3, 0.4) is 0 Å². The van der Waals surface area contributed by atoms with Crippen LogP contribution in [0.1, 0.15) is 32.8 Å². The number of anilines is 1. The van der Waals surface area contributed by atoms with Gasteiger partial charge in [0.1, 0.15) is 11.4 Å². The van der Waals surface area contributed by atoms with E-state index in [1.165, 1.54) is 0 Å². The Bertz CT molecular complexity index is 1390. The van der Waals surface area contributed by atoms with Gasteiger partial charge in [0.25, 0.3) is 5.91 Å². The number of hydrogen-bond donors (Lipinski definition) is 1. The number of aryl methyl sites for hydroxylation is 1. The monoisotopic (exact) mass is 535 g/mol. The Morgan fingerprint density at radius 2 is 1.87 bits per heavy atom. The minimum Gasteiger partial charge on any atom is -0.478 e. The lowest BCUT2D eigenvalue weighted by molar-refractivity contribution is -0.126. The van der Waals surface area contributed by atoms with Crippen LogP contribution in [0.2, 0.25) is 5.02 Å². The summed E-state index contributed by atoms with van der Waals surface area (Å²) in [5.41, 5.74) is 8.92. The molecule has 0 saturated carbocycles. The molecule has 2 amide bonds. The number of hydrogen-bond acceptors (Lipinski definition) is 5. The third-order valence-electron chi connectivity index (χ3n) is 6.92. The van der Waals surface area contributed by atoms with Crippen molar-refractivity contribution < 1.29 is 19.1 Å². The lowest BCUT2D eigenvalue weighted by atomic mass is 9.94. The Morgan fingerprint density at radius 1 is 1.13 bits per heavy atom. The Morgan fingerprint density at radius 3 is 2.58 bits per heavy atom. The Hall–Kier alpha value is -3.29. The number of fused-ring (bicyclic) bond motifs is 2. The second-order valence-corrected chi connectivity index (χ2v) is 11.6. The molecule has 2 aliphatic rings. The predicted octanol–water partition coefficient (Wildman–Crippen LogP) is 5.78. The minimum atomic E-state index is -0.669. The highest BCUT2D eigenvalue weighted by Gasteiger charge is 2.40. The molecule has 8 heteroatoms. The fraction of sp³-hybridized carbons (Fsp3) is 0.400. The van der Waals surface area contributed by atoms with Crippen molar-refractivity contribution in [1.29, 1.82) is 0 Å². The number of likely N-dealkylation sites (tertiary alicyclic amines) is 1. The zero-order valence-corrected chi connectivity index (χ0v) is 23.0. The Labute approximate surface area is 228 Å². The molecule has 2 aliphatic heterocycles. The number of rotatable bonds is 5. The Kier molecular flexibility index (Phi) is 7.01. The van der Waals surface area contributed by atoms with E-state index in [1.807, 2.05) is 45.0 Å². The highest BCUT2D eigenvalue weighted by atomic mass is 35.5. The standard InChI is InChI=1S/C30H34ClN3O4/c1-18-11-20-7-5-6-8-21(20)22(12-18)23-13-27-25(14-24(23)31)34(28(35)26(37-27)9-10-32)17-19-15-33(16-19)29(36)38-30(2,3)4/h5-8,11-14,19,26H,9-10,15-17,32H2,1-4H3/t26-/m0/s1. The molecule has 0 aromatic heterocycles. The number of nitrogens with zero attached hydrogens (tertiary/aromatic N) is 2. The highest BCUT2D eigenvalue weighted by molar-refractivity contribution is 6.34. The van der Waals surface area contributed by atoms with Crippen LogP contribution in [-0.2, 0) is 9.53 Å². The molecule has 0 radical (unpaired) electrons. The Balaban J connectivity index is 1.46.